The molecule has 6 heteroatoms. The Morgan fingerprint density at radius 1 is 0.964 bits per heavy atom. The molecule has 0 saturated heterocycles. The van der Waals surface area contributed by atoms with Crippen LogP contribution in [-0.2, 0) is 0 Å². The summed E-state index contributed by atoms with van der Waals surface area (Å²) in [5, 5.41) is 6.30. The molecule has 2 N–H and O–H groups in total. The lowest BCUT2D eigenvalue weighted by molar-refractivity contribution is 0.0938. The Balaban J connectivity index is 1.43. The first-order valence-corrected chi connectivity index (χ1v) is 9.44. The van der Waals surface area contributed by atoms with Gasteiger partial charge in [-0.15, -0.1) is 0 Å². The van der Waals surface area contributed by atoms with Crippen molar-refractivity contribution in [2.24, 2.45) is 0 Å². The van der Waals surface area contributed by atoms with E-state index in [1.807, 2.05) is 12.1 Å². The molecule has 1 saturated carbocycles. The van der Waals surface area contributed by atoms with Gasteiger partial charge in [0.25, 0.3) is 5.91 Å². The molecule has 3 aromatic rings. The summed E-state index contributed by atoms with van der Waals surface area (Å²) >= 11 is 0. The van der Waals surface area contributed by atoms with Gasteiger partial charge in [0.1, 0.15) is 11.6 Å². The van der Waals surface area contributed by atoms with Crippen molar-refractivity contribution >= 4 is 17.4 Å². The van der Waals surface area contributed by atoms with Gasteiger partial charge in [0.2, 0.25) is 0 Å². The number of carbonyl (C=O) groups excluding carboxylic acids is 1. The van der Waals surface area contributed by atoms with Gasteiger partial charge in [0.05, 0.1) is 0 Å². The molecule has 0 radical (unpaired) electrons. The van der Waals surface area contributed by atoms with Crippen LogP contribution >= 0.6 is 0 Å². The predicted molar refractivity (Wildman–Crippen MR) is 107 cm³/mol. The van der Waals surface area contributed by atoms with Crippen molar-refractivity contribution in [3.63, 3.8) is 0 Å². The zero-order chi connectivity index (χ0) is 19.3. The number of anilines is 2. The van der Waals surface area contributed by atoms with Crippen molar-refractivity contribution in [1.82, 2.24) is 15.3 Å². The van der Waals surface area contributed by atoms with Crippen LogP contribution in [0.15, 0.2) is 60.8 Å². The summed E-state index contributed by atoms with van der Waals surface area (Å²) in [5.41, 5.74) is 2.21. The third-order valence-corrected chi connectivity index (χ3v) is 4.87. The molecule has 0 spiro atoms. The fourth-order valence-corrected chi connectivity index (χ4v) is 3.36. The number of nitrogens with zero attached hydrogens (tertiary/aromatic N) is 2. The molecule has 1 amide bonds. The van der Waals surface area contributed by atoms with Crippen LogP contribution in [0.3, 0.4) is 0 Å². The highest BCUT2D eigenvalue weighted by atomic mass is 19.1. The van der Waals surface area contributed by atoms with Gasteiger partial charge in [-0.05, 0) is 67.4 Å². The monoisotopic (exact) mass is 376 g/mol. The van der Waals surface area contributed by atoms with Gasteiger partial charge in [-0.25, -0.2) is 14.4 Å². The quantitative estimate of drug-likeness (QED) is 0.677. The lowest BCUT2D eigenvalue weighted by atomic mass is 10.1. The maximum atomic E-state index is 13.1. The first-order valence-electron chi connectivity index (χ1n) is 9.44. The van der Waals surface area contributed by atoms with Gasteiger partial charge in [-0.1, -0.05) is 12.8 Å². The normalized spacial score (nSPS) is 14.0. The second-order valence-electron chi connectivity index (χ2n) is 6.93. The molecule has 1 aliphatic carbocycles. The second kappa shape index (κ2) is 8.17. The van der Waals surface area contributed by atoms with Crippen LogP contribution in [0, 0.1) is 5.82 Å². The topological polar surface area (TPSA) is 66.9 Å². The van der Waals surface area contributed by atoms with E-state index in [9.17, 15) is 9.18 Å². The van der Waals surface area contributed by atoms with Gasteiger partial charge in [0, 0.05) is 29.1 Å². The highest BCUT2D eigenvalue weighted by Gasteiger charge is 2.17. The molecule has 28 heavy (non-hydrogen) atoms. The standard InChI is InChI=1S/C22H21FN4O/c23-17-9-5-15(6-10-17)21-24-14-13-20(27-21)25-19-11-7-16(8-12-19)22(28)26-18-3-1-2-4-18/h5-14,18H,1-4H2,(H,26,28)(H,24,25,27). The van der Waals surface area contributed by atoms with E-state index < -0.39 is 0 Å². The fourth-order valence-electron chi connectivity index (χ4n) is 3.36. The van der Waals surface area contributed by atoms with E-state index >= 15 is 0 Å². The molecular weight excluding hydrogens is 355 g/mol. The SMILES string of the molecule is O=C(NC1CCCC1)c1ccc(Nc2ccnc(-c3ccc(F)cc3)n2)cc1. The summed E-state index contributed by atoms with van der Waals surface area (Å²) in [5.74, 6) is 0.809. The number of rotatable bonds is 5. The van der Waals surface area contributed by atoms with Crippen molar-refractivity contribution in [3.8, 4) is 11.4 Å². The van der Waals surface area contributed by atoms with Crippen molar-refractivity contribution in [2.45, 2.75) is 31.7 Å². The Morgan fingerprint density at radius 2 is 1.68 bits per heavy atom. The van der Waals surface area contributed by atoms with E-state index in [0.717, 1.165) is 24.1 Å². The third kappa shape index (κ3) is 4.34. The van der Waals surface area contributed by atoms with Crippen molar-refractivity contribution in [1.29, 1.82) is 0 Å². The molecule has 0 atom stereocenters. The van der Waals surface area contributed by atoms with Gasteiger partial charge in [0.15, 0.2) is 5.82 Å². The molecule has 4 rings (SSSR count). The summed E-state index contributed by atoms with van der Waals surface area (Å²) in [6.45, 7) is 0. The van der Waals surface area contributed by atoms with Gasteiger partial charge in [-0.3, -0.25) is 4.79 Å². The van der Waals surface area contributed by atoms with E-state index in [0.29, 0.717) is 23.2 Å². The van der Waals surface area contributed by atoms with Gasteiger partial charge >= 0.3 is 0 Å². The number of amides is 1. The summed E-state index contributed by atoms with van der Waals surface area (Å²) in [6, 6.07) is 15.4. The molecule has 5 nitrogen and oxygen atoms in total. The van der Waals surface area contributed by atoms with Crippen LogP contribution in [0.5, 0.6) is 0 Å². The minimum absolute atomic E-state index is 0.0286. The number of hydrogen-bond donors (Lipinski definition) is 2. The molecular formula is C22H21FN4O. The second-order valence-corrected chi connectivity index (χ2v) is 6.93. The Morgan fingerprint density at radius 3 is 2.39 bits per heavy atom. The van der Waals surface area contributed by atoms with Crippen molar-refractivity contribution < 1.29 is 9.18 Å². The van der Waals surface area contributed by atoms with E-state index in [2.05, 4.69) is 20.6 Å². The molecule has 0 unspecified atom stereocenters. The Kier molecular flexibility index (Phi) is 5.28. The number of halogens is 1. The number of aromatic nitrogens is 2. The fraction of sp³-hybridized carbons (Fsp3) is 0.227. The first-order chi connectivity index (χ1) is 13.7. The Bertz CT molecular complexity index is 951. The molecule has 1 aliphatic rings. The maximum absolute atomic E-state index is 13.1. The predicted octanol–water partition coefficient (Wildman–Crippen LogP) is 4.70. The van der Waals surface area contributed by atoms with E-state index in [-0.39, 0.29) is 11.7 Å². The van der Waals surface area contributed by atoms with Crippen LogP contribution in [0.2, 0.25) is 0 Å². The van der Waals surface area contributed by atoms with Crippen molar-refractivity contribution in [2.75, 3.05) is 5.32 Å². The zero-order valence-corrected chi connectivity index (χ0v) is 15.4. The molecule has 0 bridgehead atoms. The zero-order valence-electron chi connectivity index (χ0n) is 15.4. The summed E-state index contributed by atoms with van der Waals surface area (Å²) in [7, 11) is 0. The Labute approximate surface area is 163 Å². The van der Waals surface area contributed by atoms with E-state index in [1.165, 1.54) is 25.0 Å². The molecule has 1 aromatic heterocycles. The van der Waals surface area contributed by atoms with Crippen molar-refractivity contribution in [3.05, 3.63) is 72.2 Å². The minimum atomic E-state index is -0.296. The Hall–Kier alpha value is -3.28. The summed E-state index contributed by atoms with van der Waals surface area (Å²) in [6.07, 6.45) is 6.15. The highest BCUT2D eigenvalue weighted by Crippen LogP contribution is 2.21. The van der Waals surface area contributed by atoms with Crippen LogP contribution in [0.25, 0.3) is 11.4 Å². The van der Waals surface area contributed by atoms with Crippen LogP contribution in [0.1, 0.15) is 36.0 Å². The molecule has 1 heterocycles. The first kappa shape index (κ1) is 18.1. The molecule has 0 aliphatic heterocycles. The third-order valence-electron chi connectivity index (χ3n) is 4.87. The van der Waals surface area contributed by atoms with Crippen LogP contribution < -0.4 is 10.6 Å². The smallest absolute Gasteiger partial charge is 0.251 e. The lowest BCUT2D eigenvalue weighted by Crippen LogP contribution is -2.32. The average molecular weight is 376 g/mol. The summed E-state index contributed by atoms with van der Waals surface area (Å²) in [4.78, 5) is 21.0. The summed E-state index contributed by atoms with van der Waals surface area (Å²) < 4.78 is 13.1. The van der Waals surface area contributed by atoms with Crippen LogP contribution in [0.4, 0.5) is 15.9 Å². The lowest BCUT2D eigenvalue weighted by Gasteiger charge is -2.12. The number of hydrogen-bond acceptors (Lipinski definition) is 4. The number of carbonyl (C=O) groups is 1. The number of nitrogens with one attached hydrogen (secondary N) is 2. The van der Waals surface area contributed by atoms with E-state index in [4.69, 9.17) is 0 Å². The molecule has 1 fully saturated rings. The maximum Gasteiger partial charge on any atom is 0.251 e. The molecule has 142 valence electrons. The highest BCUT2D eigenvalue weighted by molar-refractivity contribution is 5.94. The minimum Gasteiger partial charge on any atom is -0.349 e. The number of benzene rings is 2. The largest absolute Gasteiger partial charge is 0.349 e. The van der Waals surface area contributed by atoms with Crippen LogP contribution in [-0.4, -0.2) is 21.9 Å². The van der Waals surface area contributed by atoms with Gasteiger partial charge < -0.3 is 10.6 Å². The van der Waals surface area contributed by atoms with E-state index in [1.54, 1.807) is 36.5 Å². The van der Waals surface area contributed by atoms with Gasteiger partial charge in [-0.2, -0.15) is 0 Å². The average Bonchev–Trinajstić information content (AvgIpc) is 3.22. The molecule has 2 aromatic carbocycles.